The highest BCUT2D eigenvalue weighted by Gasteiger charge is 2.10. The Hall–Kier alpha value is -1.16. The van der Waals surface area contributed by atoms with E-state index in [1.807, 2.05) is 19.0 Å². The van der Waals surface area contributed by atoms with Gasteiger partial charge in [0.1, 0.15) is 12.2 Å². The fraction of sp³-hybridized carbons (Fsp3) is 0.643. The smallest absolute Gasteiger partial charge is 0.193 e. The maximum absolute atomic E-state index is 5.31. The fourth-order valence-electron chi connectivity index (χ4n) is 2.26. The first-order valence-corrected chi connectivity index (χ1v) is 7.21. The second-order valence-corrected chi connectivity index (χ2v) is 5.07. The zero-order valence-electron chi connectivity index (χ0n) is 13.4. The minimum Gasteiger partial charge on any atom is -0.377 e. The minimum atomic E-state index is 0. The predicted octanol–water partition coefficient (Wildman–Crippen LogP) is 1.18. The standard InChI is InChI=1S/C14H24N6O.HI/c1-15-14(16-7-4-12-5-8-21-9-6-12)19(2)10-13-17-11-18-20(13)3;/h5,11H,4,6-10H2,1-3H3,(H,15,16);1H. The first-order chi connectivity index (χ1) is 10.2. The van der Waals surface area contributed by atoms with Gasteiger partial charge in [-0.15, -0.1) is 24.0 Å². The molecular formula is C14H25IN6O. The van der Waals surface area contributed by atoms with Gasteiger partial charge in [0.05, 0.1) is 19.8 Å². The van der Waals surface area contributed by atoms with Gasteiger partial charge in [0, 0.05) is 27.7 Å². The van der Waals surface area contributed by atoms with E-state index < -0.39 is 0 Å². The minimum absolute atomic E-state index is 0. The van der Waals surface area contributed by atoms with Crippen molar-refractivity contribution in [1.82, 2.24) is 25.0 Å². The highest BCUT2D eigenvalue weighted by Crippen LogP contribution is 2.10. The fourth-order valence-corrected chi connectivity index (χ4v) is 2.26. The van der Waals surface area contributed by atoms with Crippen molar-refractivity contribution in [2.75, 3.05) is 33.9 Å². The molecule has 2 heterocycles. The maximum atomic E-state index is 5.31. The van der Waals surface area contributed by atoms with Gasteiger partial charge in [-0.2, -0.15) is 5.10 Å². The number of nitrogens with zero attached hydrogens (tertiary/aromatic N) is 5. The van der Waals surface area contributed by atoms with Gasteiger partial charge in [0.25, 0.3) is 0 Å². The van der Waals surface area contributed by atoms with Crippen LogP contribution in [0, 0.1) is 0 Å². The summed E-state index contributed by atoms with van der Waals surface area (Å²) < 4.78 is 7.09. The van der Waals surface area contributed by atoms with Crippen molar-refractivity contribution in [3.05, 3.63) is 23.8 Å². The van der Waals surface area contributed by atoms with E-state index in [1.54, 1.807) is 18.1 Å². The molecule has 124 valence electrons. The molecule has 1 aromatic rings. The van der Waals surface area contributed by atoms with Crippen LogP contribution in [0.25, 0.3) is 0 Å². The van der Waals surface area contributed by atoms with E-state index in [1.165, 1.54) is 5.57 Å². The average Bonchev–Trinajstić information content (AvgIpc) is 2.90. The van der Waals surface area contributed by atoms with Crippen LogP contribution in [0.15, 0.2) is 23.0 Å². The summed E-state index contributed by atoms with van der Waals surface area (Å²) >= 11 is 0. The van der Waals surface area contributed by atoms with Crippen molar-refractivity contribution in [3.8, 4) is 0 Å². The molecule has 0 amide bonds. The molecule has 0 bridgehead atoms. The van der Waals surface area contributed by atoms with Gasteiger partial charge in [0.2, 0.25) is 0 Å². The number of aromatic nitrogens is 3. The summed E-state index contributed by atoms with van der Waals surface area (Å²) in [7, 11) is 5.69. The van der Waals surface area contributed by atoms with E-state index in [0.717, 1.165) is 44.4 Å². The molecule has 1 aromatic heterocycles. The Bertz CT molecular complexity index is 513. The summed E-state index contributed by atoms with van der Waals surface area (Å²) in [6.07, 6.45) is 5.81. The van der Waals surface area contributed by atoms with Gasteiger partial charge >= 0.3 is 0 Å². The molecule has 1 aliphatic heterocycles. The predicted molar refractivity (Wildman–Crippen MR) is 97.4 cm³/mol. The Morgan fingerprint density at radius 3 is 2.95 bits per heavy atom. The Morgan fingerprint density at radius 2 is 2.36 bits per heavy atom. The van der Waals surface area contributed by atoms with E-state index >= 15 is 0 Å². The second-order valence-electron chi connectivity index (χ2n) is 5.07. The zero-order valence-corrected chi connectivity index (χ0v) is 15.8. The van der Waals surface area contributed by atoms with E-state index in [4.69, 9.17) is 4.74 Å². The van der Waals surface area contributed by atoms with Crippen LogP contribution in [-0.4, -0.2) is 59.5 Å². The topological polar surface area (TPSA) is 67.6 Å². The summed E-state index contributed by atoms with van der Waals surface area (Å²) in [6, 6.07) is 0. The van der Waals surface area contributed by atoms with E-state index in [0.29, 0.717) is 6.54 Å². The van der Waals surface area contributed by atoms with E-state index in [2.05, 4.69) is 26.5 Å². The van der Waals surface area contributed by atoms with Crippen molar-refractivity contribution in [2.24, 2.45) is 12.0 Å². The molecule has 0 saturated carbocycles. The molecule has 0 radical (unpaired) electrons. The molecule has 0 aromatic carbocycles. The number of ether oxygens (including phenoxy) is 1. The third kappa shape index (κ3) is 5.56. The summed E-state index contributed by atoms with van der Waals surface area (Å²) in [4.78, 5) is 10.6. The van der Waals surface area contributed by atoms with Crippen LogP contribution < -0.4 is 5.32 Å². The number of halogens is 1. The van der Waals surface area contributed by atoms with Crippen LogP contribution >= 0.6 is 24.0 Å². The van der Waals surface area contributed by atoms with Crippen molar-refractivity contribution >= 4 is 29.9 Å². The Morgan fingerprint density at radius 1 is 1.55 bits per heavy atom. The molecule has 0 spiro atoms. The SMILES string of the molecule is CN=C(NCCC1=CCOCC1)N(C)Cc1ncnn1C.I. The van der Waals surface area contributed by atoms with Gasteiger partial charge in [-0.3, -0.25) is 9.67 Å². The second kappa shape index (κ2) is 9.78. The molecule has 8 heteroatoms. The van der Waals surface area contributed by atoms with Crippen LogP contribution in [0.4, 0.5) is 0 Å². The highest BCUT2D eigenvalue weighted by atomic mass is 127. The van der Waals surface area contributed by atoms with Crippen LogP contribution in [-0.2, 0) is 18.3 Å². The van der Waals surface area contributed by atoms with Gasteiger partial charge in [-0.05, 0) is 12.8 Å². The third-order valence-electron chi connectivity index (χ3n) is 3.54. The largest absolute Gasteiger partial charge is 0.377 e. The maximum Gasteiger partial charge on any atom is 0.193 e. The quantitative estimate of drug-likeness (QED) is 0.336. The average molecular weight is 420 g/mol. The lowest BCUT2D eigenvalue weighted by molar-refractivity contribution is 0.153. The first kappa shape index (κ1) is 18.9. The lowest BCUT2D eigenvalue weighted by atomic mass is 10.1. The van der Waals surface area contributed by atoms with Crippen LogP contribution in [0.2, 0.25) is 0 Å². The molecule has 0 unspecified atom stereocenters. The van der Waals surface area contributed by atoms with Crippen molar-refractivity contribution in [3.63, 3.8) is 0 Å². The molecule has 1 aliphatic rings. The molecule has 0 fully saturated rings. The van der Waals surface area contributed by atoms with Gasteiger partial charge in [-0.25, -0.2) is 4.98 Å². The molecule has 22 heavy (non-hydrogen) atoms. The molecule has 7 nitrogen and oxygen atoms in total. The lowest BCUT2D eigenvalue weighted by Gasteiger charge is -2.22. The Labute approximate surface area is 148 Å². The van der Waals surface area contributed by atoms with E-state index in [-0.39, 0.29) is 24.0 Å². The molecule has 0 aliphatic carbocycles. The molecule has 1 N–H and O–H groups in total. The Balaban J connectivity index is 0.00000242. The lowest BCUT2D eigenvalue weighted by Crippen LogP contribution is -2.39. The van der Waals surface area contributed by atoms with E-state index in [9.17, 15) is 0 Å². The van der Waals surface area contributed by atoms with Crippen LogP contribution in [0.1, 0.15) is 18.7 Å². The Kier molecular flexibility index (Phi) is 8.39. The number of rotatable bonds is 5. The number of aliphatic imine (C=N–C) groups is 1. The molecule has 2 rings (SSSR count). The number of hydrogen-bond acceptors (Lipinski definition) is 4. The molecule has 0 saturated heterocycles. The molecular weight excluding hydrogens is 395 g/mol. The summed E-state index contributed by atoms with van der Waals surface area (Å²) in [6.45, 7) is 3.14. The number of guanidine groups is 1. The monoisotopic (exact) mass is 420 g/mol. The summed E-state index contributed by atoms with van der Waals surface area (Å²) in [5.41, 5.74) is 1.46. The first-order valence-electron chi connectivity index (χ1n) is 7.21. The highest BCUT2D eigenvalue weighted by molar-refractivity contribution is 14.0. The summed E-state index contributed by atoms with van der Waals surface area (Å²) in [5, 5.41) is 7.46. The van der Waals surface area contributed by atoms with Crippen LogP contribution in [0.5, 0.6) is 0 Å². The van der Waals surface area contributed by atoms with Gasteiger partial charge < -0.3 is 15.0 Å². The third-order valence-corrected chi connectivity index (χ3v) is 3.54. The number of nitrogens with one attached hydrogen (secondary N) is 1. The van der Waals surface area contributed by atoms with Crippen molar-refractivity contribution in [1.29, 1.82) is 0 Å². The van der Waals surface area contributed by atoms with Crippen LogP contribution in [0.3, 0.4) is 0 Å². The molecule has 0 atom stereocenters. The normalized spacial score (nSPS) is 15.0. The van der Waals surface area contributed by atoms with Crippen molar-refractivity contribution < 1.29 is 4.74 Å². The number of hydrogen-bond donors (Lipinski definition) is 1. The zero-order chi connectivity index (χ0) is 15.1. The van der Waals surface area contributed by atoms with Crippen molar-refractivity contribution in [2.45, 2.75) is 19.4 Å². The summed E-state index contributed by atoms with van der Waals surface area (Å²) in [5.74, 6) is 1.78. The number of aryl methyl sites for hydroxylation is 1. The van der Waals surface area contributed by atoms with Gasteiger partial charge in [0.15, 0.2) is 5.96 Å². The van der Waals surface area contributed by atoms with Gasteiger partial charge in [-0.1, -0.05) is 11.6 Å².